The van der Waals surface area contributed by atoms with Crippen molar-refractivity contribution in [1.29, 1.82) is 0 Å². The first kappa shape index (κ1) is 19.2. The molecule has 0 spiro atoms. The molecule has 3 aromatic carbocycles. The number of rotatable bonds is 3. The molecule has 0 bridgehead atoms. The molecule has 0 fully saturated rings. The van der Waals surface area contributed by atoms with Crippen molar-refractivity contribution in [3.63, 3.8) is 0 Å². The quantitative estimate of drug-likeness (QED) is 0.576. The highest BCUT2D eigenvalue weighted by Crippen LogP contribution is 2.39. The number of amides is 2. The number of para-hydroxylation sites is 1. The first-order valence-corrected chi connectivity index (χ1v) is 10.4. The van der Waals surface area contributed by atoms with Crippen LogP contribution in [0.2, 0.25) is 0 Å². The van der Waals surface area contributed by atoms with Crippen molar-refractivity contribution in [2.24, 2.45) is 0 Å². The number of carbonyl (C=O) groups excluding carboxylic acids is 2. The summed E-state index contributed by atoms with van der Waals surface area (Å²) in [7, 11) is 0. The molecule has 31 heavy (non-hydrogen) atoms. The number of benzene rings is 3. The molecule has 0 unspecified atom stereocenters. The van der Waals surface area contributed by atoms with Gasteiger partial charge in [-0.2, -0.15) is 0 Å². The Morgan fingerprint density at radius 3 is 2.29 bits per heavy atom. The van der Waals surface area contributed by atoms with E-state index < -0.39 is 11.7 Å². The average molecular weight is 412 g/mol. The van der Waals surface area contributed by atoms with Crippen LogP contribution in [0, 0.1) is 12.7 Å². The Morgan fingerprint density at radius 1 is 0.839 bits per heavy atom. The van der Waals surface area contributed by atoms with Crippen LogP contribution in [0.1, 0.15) is 23.1 Å². The Balaban J connectivity index is 1.69. The fourth-order valence-electron chi connectivity index (χ4n) is 4.34. The van der Waals surface area contributed by atoms with Crippen molar-refractivity contribution in [2.75, 3.05) is 16.3 Å². The SMILES string of the molecule is Cc1ccc(C2=C(N3CCCc4ccccc43)C(=O)N(c3ccc(F)cc3)C2=O)cc1. The van der Waals surface area contributed by atoms with E-state index in [2.05, 4.69) is 6.07 Å². The van der Waals surface area contributed by atoms with E-state index in [1.165, 1.54) is 24.3 Å². The molecule has 0 aliphatic carbocycles. The van der Waals surface area contributed by atoms with Gasteiger partial charge in [0.2, 0.25) is 0 Å². The third-order valence-corrected chi connectivity index (χ3v) is 5.86. The Bertz CT molecular complexity index is 1210. The average Bonchev–Trinajstić information content (AvgIpc) is 3.04. The van der Waals surface area contributed by atoms with Crippen LogP contribution in [-0.2, 0) is 16.0 Å². The maximum absolute atomic E-state index is 13.7. The number of hydrogen-bond donors (Lipinski definition) is 0. The summed E-state index contributed by atoms with van der Waals surface area (Å²) in [6.07, 6.45) is 1.82. The summed E-state index contributed by atoms with van der Waals surface area (Å²) < 4.78 is 13.5. The fourth-order valence-corrected chi connectivity index (χ4v) is 4.34. The van der Waals surface area contributed by atoms with Gasteiger partial charge in [-0.25, -0.2) is 9.29 Å². The van der Waals surface area contributed by atoms with Gasteiger partial charge < -0.3 is 4.90 Å². The largest absolute Gasteiger partial charge is 0.336 e. The highest BCUT2D eigenvalue weighted by Gasteiger charge is 2.43. The van der Waals surface area contributed by atoms with E-state index in [0.717, 1.165) is 34.6 Å². The first-order valence-electron chi connectivity index (χ1n) is 10.4. The third-order valence-electron chi connectivity index (χ3n) is 5.86. The predicted octanol–water partition coefficient (Wildman–Crippen LogP) is 4.87. The number of hydrogen-bond acceptors (Lipinski definition) is 3. The molecule has 2 amide bonds. The summed E-state index contributed by atoms with van der Waals surface area (Å²) in [5.74, 6) is -1.19. The van der Waals surface area contributed by atoms with E-state index in [1.807, 2.05) is 54.3 Å². The predicted molar refractivity (Wildman–Crippen MR) is 119 cm³/mol. The minimum Gasteiger partial charge on any atom is -0.336 e. The summed E-state index contributed by atoms with van der Waals surface area (Å²) in [6, 6.07) is 21.1. The molecule has 4 nitrogen and oxygen atoms in total. The molecule has 5 rings (SSSR count). The van der Waals surface area contributed by atoms with Gasteiger partial charge >= 0.3 is 0 Å². The molecule has 2 aliphatic rings. The standard InChI is InChI=1S/C26H21FN2O2/c1-17-8-10-19(11-9-17)23-24(28-16-4-6-18-5-2-3-7-22(18)28)26(31)29(25(23)30)21-14-12-20(27)13-15-21/h2-3,5,7-15H,4,6,16H2,1H3. The van der Waals surface area contributed by atoms with Crippen molar-refractivity contribution in [3.8, 4) is 0 Å². The van der Waals surface area contributed by atoms with E-state index in [4.69, 9.17) is 0 Å². The first-order chi connectivity index (χ1) is 15.0. The molecule has 0 saturated carbocycles. The number of fused-ring (bicyclic) bond motifs is 1. The van der Waals surface area contributed by atoms with E-state index in [0.29, 0.717) is 29.1 Å². The molecule has 2 heterocycles. The second kappa shape index (κ2) is 7.51. The van der Waals surface area contributed by atoms with Crippen molar-refractivity contribution < 1.29 is 14.0 Å². The van der Waals surface area contributed by atoms with E-state index in [-0.39, 0.29) is 5.91 Å². The number of nitrogens with zero attached hydrogens (tertiary/aromatic N) is 2. The minimum atomic E-state index is -0.417. The van der Waals surface area contributed by atoms with Crippen LogP contribution in [0.15, 0.2) is 78.5 Å². The number of aryl methyl sites for hydroxylation is 2. The van der Waals surface area contributed by atoms with Crippen LogP contribution in [0.5, 0.6) is 0 Å². The Kier molecular flexibility index (Phi) is 4.66. The monoisotopic (exact) mass is 412 g/mol. The van der Waals surface area contributed by atoms with Crippen LogP contribution in [0.25, 0.3) is 5.57 Å². The highest BCUT2D eigenvalue weighted by atomic mass is 19.1. The second-order valence-electron chi connectivity index (χ2n) is 7.90. The van der Waals surface area contributed by atoms with Gasteiger partial charge in [-0.3, -0.25) is 9.59 Å². The lowest BCUT2D eigenvalue weighted by atomic mass is 9.98. The highest BCUT2D eigenvalue weighted by molar-refractivity contribution is 6.46. The molecule has 5 heteroatoms. The lowest BCUT2D eigenvalue weighted by Gasteiger charge is -2.32. The molecular weight excluding hydrogens is 391 g/mol. The molecular formula is C26H21FN2O2. The van der Waals surface area contributed by atoms with Gasteiger partial charge in [0, 0.05) is 12.2 Å². The van der Waals surface area contributed by atoms with E-state index in [1.54, 1.807) is 0 Å². The summed E-state index contributed by atoms with van der Waals surface area (Å²) >= 11 is 0. The van der Waals surface area contributed by atoms with Crippen LogP contribution in [-0.4, -0.2) is 18.4 Å². The van der Waals surface area contributed by atoms with Crippen LogP contribution in [0.4, 0.5) is 15.8 Å². The Labute approximate surface area is 180 Å². The van der Waals surface area contributed by atoms with Gasteiger partial charge in [0.05, 0.1) is 11.3 Å². The van der Waals surface area contributed by atoms with Crippen molar-refractivity contribution in [2.45, 2.75) is 19.8 Å². The molecule has 3 aromatic rings. The zero-order valence-corrected chi connectivity index (χ0v) is 17.1. The van der Waals surface area contributed by atoms with Gasteiger partial charge in [-0.15, -0.1) is 0 Å². The van der Waals surface area contributed by atoms with Crippen molar-refractivity contribution >= 4 is 28.8 Å². The summed E-state index contributed by atoms with van der Waals surface area (Å²) in [4.78, 5) is 30.4. The lowest BCUT2D eigenvalue weighted by Crippen LogP contribution is -2.37. The molecule has 154 valence electrons. The summed E-state index contributed by atoms with van der Waals surface area (Å²) in [6.45, 7) is 2.63. The van der Waals surface area contributed by atoms with Gasteiger partial charge in [0.15, 0.2) is 0 Å². The van der Waals surface area contributed by atoms with Gasteiger partial charge in [0.25, 0.3) is 11.8 Å². The summed E-state index contributed by atoms with van der Waals surface area (Å²) in [5.41, 5.74) is 5.01. The normalized spacial score (nSPS) is 16.2. The fraction of sp³-hybridized carbons (Fsp3) is 0.154. The number of carbonyl (C=O) groups is 2. The number of anilines is 2. The molecule has 0 aromatic heterocycles. The Hall–Kier alpha value is -3.73. The topological polar surface area (TPSA) is 40.6 Å². The molecule has 0 N–H and O–H groups in total. The van der Waals surface area contributed by atoms with Gasteiger partial charge in [0.1, 0.15) is 11.5 Å². The van der Waals surface area contributed by atoms with Crippen LogP contribution < -0.4 is 9.80 Å². The van der Waals surface area contributed by atoms with Crippen molar-refractivity contribution in [1.82, 2.24) is 0 Å². The van der Waals surface area contributed by atoms with E-state index in [9.17, 15) is 14.0 Å². The van der Waals surface area contributed by atoms with Gasteiger partial charge in [-0.05, 0) is 61.2 Å². The third kappa shape index (κ3) is 3.22. The minimum absolute atomic E-state index is 0.362. The molecule has 0 radical (unpaired) electrons. The zero-order valence-electron chi connectivity index (χ0n) is 17.1. The van der Waals surface area contributed by atoms with Crippen molar-refractivity contribution in [3.05, 3.63) is 101 Å². The molecule has 2 aliphatic heterocycles. The maximum atomic E-state index is 13.7. The smallest absolute Gasteiger partial charge is 0.282 e. The number of halogens is 1. The second-order valence-corrected chi connectivity index (χ2v) is 7.90. The number of imide groups is 1. The lowest BCUT2D eigenvalue weighted by molar-refractivity contribution is -0.120. The van der Waals surface area contributed by atoms with Gasteiger partial charge in [-0.1, -0.05) is 48.0 Å². The summed E-state index contributed by atoms with van der Waals surface area (Å²) in [5, 5.41) is 0. The van der Waals surface area contributed by atoms with Crippen LogP contribution >= 0.6 is 0 Å². The van der Waals surface area contributed by atoms with Crippen LogP contribution in [0.3, 0.4) is 0 Å². The Morgan fingerprint density at radius 2 is 1.55 bits per heavy atom. The zero-order chi connectivity index (χ0) is 21.5. The van der Waals surface area contributed by atoms with E-state index >= 15 is 0 Å². The maximum Gasteiger partial charge on any atom is 0.282 e. The molecule has 0 saturated heterocycles. The molecule has 0 atom stereocenters.